The van der Waals surface area contributed by atoms with Crippen LogP contribution in [0.2, 0.25) is 0 Å². The maximum Gasteiger partial charge on any atom is 0.345 e. The Morgan fingerprint density at radius 1 is 1.05 bits per heavy atom. The number of amidine groups is 1. The molecule has 2 aliphatic rings. The molecular weight excluding hydrogens is 522 g/mol. The highest BCUT2D eigenvalue weighted by Crippen LogP contribution is 2.43. The number of methoxy groups -OCH3 is 1. The van der Waals surface area contributed by atoms with Crippen molar-refractivity contribution in [2.75, 3.05) is 26.1 Å². The predicted octanol–water partition coefficient (Wildman–Crippen LogP) is 2.66. The predicted molar refractivity (Wildman–Crippen MR) is 145 cm³/mol. The van der Waals surface area contributed by atoms with Crippen LogP contribution in [0.1, 0.15) is 24.5 Å². The van der Waals surface area contributed by atoms with Gasteiger partial charge in [0.15, 0.2) is 11.5 Å². The van der Waals surface area contributed by atoms with Crippen LogP contribution in [0.25, 0.3) is 11.1 Å². The number of nitrogens with zero attached hydrogens (tertiary/aromatic N) is 4. The number of benzene rings is 2. The lowest BCUT2D eigenvalue weighted by atomic mass is 9.81. The number of aliphatic imine (C=N–C) groups is 2. The van der Waals surface area contributed by atoms with E-state index in [-0.39, 0.29) is 5.75 Å². The first-order chi connectivity index (χ1) is 18.7. The fraction of sp³-hybridized carbons (Fsp3) is 0.259. The minimum Gasteiger partial charge on any atom is -0.495 e. The van der Waals surface area contributed by atoms with Crippen LogP contribution >= 0.6 is 0 Å². The Labute approximate surface area is 226 Å². The average Bonchev–Trinajstić information content (AvgIpc) is 3.25. The van der Waals surface area contributed by atoms with E-state index in [0.29, 0.717) is 30.6 Å². The Morgan fingerprint density at radius 2 is 1.85 bits per heavy atom. The van der Waals surface area contributed by atoms with Gasteiger partial charge >= 0.3 is 16.1 Å². The third-order valence-electron chi connectivity index (χ3n) is 6.40. The SMILES string of the molecule is COc1cncc(-c2cccc(C3(c4ccc(OS(=O)(=O)COC(C)=O)cc4)N=C(N)N4CCCN=C43)c2)c1. The Hall–Kier alpha value is -4.45. The second-order valence-electron chi connectivity index (χ2n) is 9.00. The highest BCUT2D eigenvalue weighted by Gasteiger charge is 2.49. The van der Waals surface area contributed by atoms with E-state index >= 15 is 0 Å². The molecule has 1 aromatic heterocycles. The van der Waals surface area contributed by atoms with Crippen molar-refractivity contribution >= 4 is 27.9 Å². The van der Waals surface area contributed by atoms with E-state index in [0.717, 1.165) is 35.6 Å². The molecule has 0 fully saturated rings. The molecule has 1 atom stereocenters. The van der Waals surface area contributed by atoms with Crippen LogP contribution in [0.4, 0.5) is 0 Å². The minimum atomic E-state index is -4.14. The summed E-state index contributed by atoms with van der Waals surface area (Å²) in [4.78, 5) is 27.0. The molecule has 0 saturated heterocycles. The van der Waals surface area contributed by atoms with Crippen molar-refractivity contribution < 1.29 is 26.9 Å². The van der Waals surface area contributed by atoms with Crippen LogP contribution in [0, 0.1) is 0 Å². The summed E-state index contributed by atoms with van der Waals surface area (Å²) in [6, 6.07) is 16.3. The van der Waals surface area contributed by atoms with Crippen molar-refractivity contribution in [2.24, 2.45) is 15.7 Å². The highest BCUT2D eigenvalue weighted by molar-refractivity contribution is 7.86. The number of hydrogen-bond donors (Lipinski definition) is 1. The van der Waals surface area contributed by atoms with E-state index in [1.54, 1.807) is 31.6 Å². The van der Waals surface area contributed by atoms with Gasteiger partial charge in [-0.3, -0.25) is 19.7 Å². The monoisotopic (exact) mass is 549 g/mol. The van der Waals surface area contributed by atoms with Crippen LogP contribution in [0.3, 0.4) is 0 Å². The molecule has 2 N–H and O–H groups in total. The Bertz CT molecular complexity index is 1570. The van der Waals surface area contributed by atoms with Crippen molar-refractivity contribution in [2.45, 2.75) is 18.9 Å². The van der Waals surface area contributed by atoms with Crippen LogP contribution in [0.5, 0.6) is 11.5 Å². The molecule has 39 heavy (non-hydrogen) atoms. The standard InChI is InChI=1S/C27H27N5O6S/c1-18(33)37-17-39(34,35)38-23-9-7-21(8-10-23)27(25-30-11-4-12-32(25)26(28)31-27)22-6-3-5-19(13-22)20-14-24(36-2)16-29-15-20/h3,5-10,13-16H,4,11-12,17H2,1-2H3,(H2,28,31). The van der Waals surface area contributed by atoms with Gasteiger partial charge < -0.3 is 19.4 Å². The molecule has 0 aliphatic carbocycles. The zero-order chi connectivity index (χ0) is 27.6. The third-order valence-corrected chi connectivity index (χ3v) is 7.26. The number of esters is 1. The number of carbonyl (C=O) groups is 1. The lowest BCUT2D eigenvalue weighted by Gasteiger charge is -2.33. The molecule has 0 bridgehead atoms. The second-order valence-corrected chi connectivity index (χ2v) is 10.5. The topological polar surface area (TPSA) is 146 Å². The number of aromatic nitrogens is 1. The van der Waals surface area contributed by atoms with Crippen LogP contribution < -0.4 is 14.7 Å². The summed E-state index contributed by atoms with van der Waals surface area (Å²) in [6.07, 6.45) is 4.24. The zero-order valence-corrected chi connectivity index (χ0v) is 22.2. The first-order valence-corrected chi connectivity index (χ1v) is 13.7. The molecule has 5 rings (SSSR count). The molecule has 2 aliphatic heterocycles. The van der Waals surface area contributed by atoms with Gasteiger partial charge in [-0.05, 0) is 47.4 Å². The molecule has 0 radical (unpaired) electrons. The van der Waals surface area contributed by atoms with E-state index < -0.39 is 27.6 Å². The molecule has 202 valence electrons. The van der Waals surface area contributed by atoms with Crippen LogP contribution in [0.15, 0.2) is 77.0 Å². The highest BCUT2D eigenvalue weighted by atomic mass is 32.2. The summed E-state index contributed by atoms with van der Waals surface area (Å²) in [5, 5.41) is 0. The summed E-state index contributed by atoms with van der Waals surface area (Å²) >= 11 is 0. The van der Waals surface area contributed by atoms with Crippen LogP contribution in [-0.4, -0.2) is 62.2 Å². The van der Waals surface area contributed by atoms with Crippen LogP contribution in [-0.2, 0) is 25.2 Å². The number of hydrogen-bond acceptors (Lipinski definition) is 11. The van der Waals surface area contributed by atoms with Crippen molar-refractivity contribution in [3.05, 3.63) is 78.1 Å². The van der Waals surface area contributed by atoms with E-state index in [2.05, 4.69) is 9.72 Å². The van der Waals surface area contributed by atoms with Gasteiger partial charge in [0.25, 0.3) is 0 Å². The number of carbonyl (C=O) groups excluding carboxylic acids is 1. The quantitative estimate of drug-likeness (QED) is 0.331. The number of guanidine groups is 1. The lowest BCUT2D eigenvalue weighted by Crippen LogP contribution is -2.46. The van der Waals surface area contributed by atoms with Crippen molar-refractivity contribution in [3.8, 4) is 22.6 Å². The van der Waals surface area contributed by atoms with E-state index in [9.17, 15) is 13.2 Å². The van der Waals surface area contributed by atoms with Gasteiger partial charge in [-0.15, -0.1) is 0 Å². The minimum absolute atomic E-state index is 0.0645. The fourth-order valence-corrected chi connectivity index (χ4v) is 5.43. The van der Waals surface area contributed by atoms with Gasteiger partial charge in [-0.1, -0.05) is 30.3 Å². The summed E-state index contributed by atoms with van der Waals surface area (Å²) in [6.45, 7) is 2.44. The average molecular weight is 550 g/mol. The van der Waals surface area contributed by atoms with Gasteiger partial charge in [-0.2, -0.15) is 8.42 Å². The van der Waals surface area contributed by atoms with Gasteiger partial charge in [-0.25, -0.2) is 4.99 Å². The maximum absolute atomic E-state index is 12.2. The van der Waals surface area contributed by atoms with Gasteiger partial charge in [0, 0.05) is 31.8 Å². The van der Waals surface area contributed by atoms with Gasteiger partial charge in [0.1, 0.15) is 17.3 Å². The Morgan fingerprint density at radius 3 is 2.59 bits per heavy atom. The number of rotatable bonds is 8. The zero-order valence-electron chi connectivity index (χ0n) is 21.4. The number of pyridine rings is 1. The molecule has 3 aromatic rings. The normalized spacial score (nSPS) is 18.6. The molecule has 2 aromatic carbocycles. The lowest BCUT2D eigenvalue weighted by molar-refractivity contribution is -0.139. The van der Waals surface area contributed by atoms with Gasteiger partial charge in [0.2, 0.25) is 5.94 Å². The van der Waals surface area contributed by atoms with Crippen molar-refractivity contribution in [3.63, 3.8) is 0 Å². The molecular formula is C27H27N5O6S. The summed E-state index contributed by atoms with van der Waals surface area (Å²) in [7, 11) is -2.55. The smallest absolute Gasteiger partial charge is 0.345 e. The van der Waals surface area contributed by atoms with Gasteiger partial charge in [0.05, 0.1) is 13.3 Å². The van der Waals surface area contributed by atoms with E-state index in [1.807, 2.05) is 35.2 Å². The number of ether oxygens (including phenoxy) is 2. The molecule has 12 heteroatoms. The summed E-state index contributed by atoms with van der Waals surface area (Å²) in [5.74, 6) is 0.148. The first-order valence-electron chi connectivity index (χ1n) is 12.2. The third kappa shape index (κ3) is 5.15. The van der Waals surface area contributed by atoms with E-state index in [1.165, 1.54) is 12.1 Å². The van der Waals surface area contributed by atoms with E-state index in [4.69, 9.17) is 24.6 Å². The maximum atomic E-state index is 12.2. The molecule has 11 nitrogen and oxygen atoms in total. The molecule has 1 unspecified atom stereocenters. The number of fused-ring (bicyclic) bond motifs is 1. The Kier molecular flexibility index (Phi) is 6.96. The molecule has 0 saturated carbocycles. The van der Waals surface area contributed by atoms with Crippen molar-refractivity contribution in [1.29, 1.82) is 0 Å². The molecule has 3 heterocycles. The first kappa shape index (κ1) is 26.2. The largest absolute Gasteiger partial charge is 0.495 e. The summed E-state index contributed by atoms with van der Waals surface area (Å²) < 4.78 is 39.4. The Balaban J connectivity index is 1.58. The second kappa shape index (κ2) is 10.4. The fourth-order valence-electron chi connectivity index (χ4n) is 4.66. The van der Waals surface area contributed by atoms with Crippen molar-refractivity contribution in [1.82, 2.24) is 9.88 Å². The number of nitrogens with two attached hydrogens (primary N) is 1. The molecule has 0 amide bonds. The molecule has 0 spiro atoms. The summed E-state index contributed by atoms with van der Waals surface area (Å²) in [5.41, 5.74) is 8.67.